The molecule has 8 heteroatoms. The minimum absolute atomic E-state index is 0. The number of aliphatic imine (C=N–C) groups is 1. The molecule has 0 saturated carbocycles. The summed E-state index contributed by atoms with van der Waals surface area (Å²) in [4.78, 5) is 10.0. The third-order valence-electron chi connectivity index (χ3n) is 3.72. The van der Waals surface area contributed by atoms with Crippen molar-refractivity contribution in [3.63, 3.8) is 0 Å². The van der Waals surface area contributed by atoms with Crippen molar-refractivity contribution >= 4 is 52.1 Å². The number of guanidine groups is 1. The minimum atomic E-state index is -0.878. The van der Waals surface area contributed by atoms with Crippen LogP contribution < -0.4 is 10.6 Å². The van der Waals surface area contributed by atoms with Crippen LogP contribution in [0.15, 0.2) is 35.3 Å². The van der Waals surface area contributed by atoms with E-state index in [0.29, 0.717) is 18.1 Å². The smallest absolute Gasteiger partial charge is 0.191 e. The molecule has 0 aliphatic rings. The Labute approximate surface area is 179 Å². The van der Waals surface area contributed by atoms with Gasteiger partial charge in [-0.25, -0.2) is 4.98 Å². The Kier molecular flexibility index (Phi) is 11.0. The molecule has 1 unspecified atom stereocenters. The first kappa shape index (κ1) is 23.0. The van der Waals surface area contributed by atoms with Crippen molar-refractivity contribution in [3.8, 4) is 0 Å². The van der Waals surface area contributed by atoms with Gasteiger partial charge in [0, 0.05) is 53.7 Å². The molecule has 0 aliphatic heterocycles. The molecule has 0 radical (unpaired) electrons. The van der Waals surface area contributed by atoms with Gasteiger partial charge in [-0.05, 0) is 19.4 Å². The van der Waals surface area contributed by atoms with E-state index < -0.39 is 10.8 Å². The largest absolute Gasteiger partial charge is 0.356 e. The lowest BCUT2D eigenvalue weighted by Gasteiger charge is -2.11. The van der Waals surface area contributed by atoms with E-state index in [9.17, 15) is 4.21 Å². The maximum atomic E-state index is 12.1. The zero-order chi connectivity index (χ0) is 18.1. The van der Waals surface area contributed by atoms with Crippen molar-refractivity contribution < 1.29 is 4.21 Å². The van der Waals surface area contributed by atoms with Gasteiger partial charge in [0.05, 0.1) is 10.7 Å². The fourth-order valence-electron chi connectivity index (χ4n) is 2.27. The Bertz CT molecular complexity index is 700. The van der Waals surface area contributed by atoms with Crippen LogP contribution in [0.25, 0.3) is 0 Å². The molecule has 0 fully saturated rings. The number of halogens is 1. The highest BCUT2D eigenvalue weighted by atomic mass is 127. The van der Waals surface area contributed by atoms with E-state index in [0.717, 1.165) is 35.2 Å². The first-order chi connectivity index (χ1) is 12.1. The van der Waals surface area contributed by atoms with Crippen LogP contribution in [0.2, 0.25) is 0 Å². The average molecular weight is 506 g/mol. The molecule has 0 aliphatic carbocycles. The van der Waals surface area contributed by atoms with Crippen LogP contribution in [0.4, 0.5) is 0 Å². The van der Waals surface area contributed by atoms with Crippen molar-refractivity contribution in [2.45, 2.75) is 26.0 Å². The van der Waals surface area contributed by atoms with E-state index in [1.165, 1.54) is 4.88 Å². The summed E-state index contributed by atoms with van der Waals surface area (Å²) < 4.78 is 12.1. The molecule has 1 atom stereocenters. The normalized spacial score (nSPS) is 12.3. The van der Waals surface area contributed by atoms with Gasteiger partial charge in [0.1, 0.15) is 0 Å². The van der Waals surface area contributed by atoms with E-state index in [4.69, 9.17) is 0 Å². The number of thiazole rings is 1. The fourth-order valence-corrected chi connectivity index (χ4v) is 4.24. The molecule has 0 amide bonds. The summed E-state index contributed by atoms with van der Waals surface area (Å²) in [7, 11) is 0.866. The summed E-state index contributed by atoms with van der Waals surface area (Å²) in [6, 6.07) is 9.93. The van der Waals surface area contributed by atoms with E-state index in [1.807, 2.05) is 37.3 Å². The van der Waals surface area contributed by atoms with Crippen LogP contribution in [0.1, 0.15) is 21.1 Å². The second-order valence-corrected chi connectivity index (χ2v) is 8.56. The lowest BCUT2D eigenvalue weighted by molar-refractivity contribution is 0.680. The van der Waals surface area contributed by atoms with Crippen LogP contribution in [0.3, 0.4) is 0 Å². The quantitative estimate of drug-likeness (QED) is 0.328. The number of aryl methyl sites for hydroxylation is 2. The molecule has 5 nitrogen and oxygen atoms in total. The maximum absolute atomic E-state index is 12.1. The summed E-state index contributed by atoms with van der Waals surface area (Å²) in [5, 5.41) is 7.64. The van der Waals surface area contributed by atoms with E-state index in [-0.39, 0.29) is 24.0 Å². The lowest BCUT2D eigenvalue weighted by atomic mass is 10.2. The topological polar surface area (TPSA) is 66.4 Å². The predicted octanol–water partition coefficient (Wildman–Crippen LogP) is 3.03. The molecule has 1 heterocycles. The number of benzene rings is 1. The molecular formula is C18H27IN4OS2. The standard InChI is InChI=1S/C18H26N4OS2.HI/c1-14-15(2)24-17(22-14)9-10-20-18(19-3)21-11-12-25(23)13-16-7-5-4-6-8-16;/h4-8H,9-13H2,1-3H3,(H2,19,20,21);1H. The highest BCUT2D eigenvalue weighted by Crippen LogP contribution is 2.16. The molecule has 0 bridgehead atoms. The zero-order valence-electron chi connectivity index (χ0n) is 15.4. The highest BCUT2D eigenvalue weighted by Gasteiger charge is 2.05. The summed E-state index contributed by atoms with van der Waals surface area (Å²) in [5.74, 6) is 1.93. The average Bonchev–Trinajstić information content (AvgIpc) is 2.92. The van der Waals surface area contributed by atoms with Gasteiger partial charge >= 0.3 is 0 Å². The number of aromatic nitrogens is 1. The Morgan fingerprint density at radius 1 is 1.19 bits per heavy atom. The van der Waals surface area contributed by atoms with Crippen LogP contribution in [-0.4, -0.2) is 41.0 Å². The number of rotatable bonds is 8. The van der Waals surface area contributed by atoms with Crippen molar-refractivity contribution in [1.82, 2.24) is 15.6 Å². The first-order valence-corrected chi connectivity index (χ1v) is 10.6. The summed E-state index contributed by atoms with van der Waals surface area (Å²) in [5.41, 5.74) is 2.22. The molecule has 2 rings (SSSR count). The molecule has 26 heavy (non-hydrogen) atoms. The number of hydrogen-bond donors (Lipinski definition) is 2. The first-order valence-electron chi connectivity index (χ1n) is 8.35. The lowest BCUT2D eigenvalue weighted by Crippen LogP contribution is -2.40. The zero-order valence-corrected chi connectivity index (χ0v) is 19.4. The van der Waals surface area contributed by atoms with Gasteiger partial charge in [0.25, 0.3) is 0 Å². The molecule has 0 spiro atoms. The summed E-state index contributed by atoms with van der Waals surface area (Å²) >= 11 is 1.74. The second-order valence-electron chi connectivity index (χ2n) is 5.70. The van der Waals surface area contributed by atoms with Crippen LogP contribution in [-0.2, 0) is 23.0 Å². The fraction of sp³-hybridized carbons (Fsp3) is 0.444. The predicted molar refractivity (Wildman–Crippen MR) is 123 cm³/mol. The van der Waals surface area contributed by atoms with E-state index in [1.54, 1.807) is 18.4 Å². The van der Waals surface area contributed by atoms with Crippen molar-refractivity contribution in [1.29, 1.82) is 0 Å². The molecule has 1 aromatic heterocycles. The Hall–Kier alpha value is -1.000. The molecule has 144 valence electrons. The molecule has 1 aromatic carbocycles. The SMILES string of the molecule is CN=C(NCCc1nc(C)c(C)s1)NCCS(=O)Cc1ccccc1.I. The molecule has 2 N–H and O–H groups in total. The minimum Gasteiger partial charge on any atom is -0.356 e. The summed E-state index contributed by atoms with van der Waals surface area (Å²) in [6.07, 6.45) is 0.875. The second kappa shape index (κ2) is 12.4. The Morgan fingerprint density at radius 2 is 1.88 bits per heavy atom. The Morgan fingerprint density at radius 3 is 2.50 bits per heavy atom. The molecule has 2 aromatic rings. The van der Waals surface area contributed by atoms with Gasteiger partial charge in [-0.3, -0.25) is 9.20 Å². The number of nitrogens with zero attached hydrogens (tertiary/aromatic N) is 2. The van der Waals surface area contributed by atoms with Crippen molar-refractivity contribution in [2.24, 2.45) is 4.99 Å². The number of nitrogens with one attached hydrogen (secondary N) is 2. The Balaban J connectivity index is 0.00000338. The van der Waals surface area contributed by atoms with E-state index >= 15 is 0 Å². The van der Waals surface area contributed by atoms with Gasteiger partial charge in [-0.1, -0.05) is 30.3 Å². The van der Waals surface area contributed by atoms with Crippen LogP contribution in [0, 0.1) is 13.8 Å². The van der Waals surface area contributed by atoms with Gasteiger partial charge in [-0.2, -0.15) is 0 Å². The van der Waals surface area contributed by atoms with Gasteiger partial charge < -0.3 is 10.6 Å². The van der Waals surface area contributed by atoms with Crippen LogP contribution >= 0.6 is 35.3 Å². The monoisotopic (exact) mass is 506 g/mol. The van der Waals surface area contributed by atoms with Crippen molar-refractivity contribution in [3.05, 3.63) is 51.5 Å². The third kappa shape index (κ3) is 8.13. The molecule has 0 saturated heterocycles. The van der Waals surface area contributed by atoms with Gasteiger partial charge in [-0.15, -0.1) is 35.3 Å². The van der Waals surface area contributed by atoms with Gasteiger partial charge in [0.2, 0.25) is 0 Å². The highest BCUT2D eigenvalue weighted by molar-refractivity contribution is 14.0. The van der Waals surface area contributed by atoms with Gasteiger partial charge in [0.15, 0.2) is 5.96 Å². The maximum Gasteiger partial charge on any atom is 0.191 e. The van der Waals surface area contributed by atoms with Crippen molar-refractivity contribution in [2.75, 3.05) is 25.9 Å². The number of hydrogen-bond acceptors (Lipinski definition) is 4. The summed E-state index contributed by atoms with van der Waals surface area (Å²) in [6.45, 7) is 5.55. The molecular weight excluding hydrogens is 479 g/mol. The van der Waals surface area contributed by atoms with Crippen LogP contribution in [0.5, 0.6) is 0 Å². The van der Waals surface area contributed by atoms with E-state index in [2.05, 4.69) is 27.5 Å². The third-order valence-corrected chi connectivity index (χ3v) is 6.17.